The van der Waals surface area contributed by atoms with E-state index in [0.717, 1.165) is 77.0 Å². The molecule has 448 valence electrons. The van der Waals surface area contributed by atoms with Crippen molar-refractivity contribution in [2.24, 2.45) is 0 Å². The number of hydrogen-bond donors (Lipinski definition) is 3. The van der Waals surface area contributed by atoms with Crippen LogP contribution < -0.4 is 5.32 Å². The SMILES string of the molecule is CCCCCCCCCCCCCCCCCCCCC/C=C/C(O)C(CO)NC(=O)CCCCCCCCCCCC/C=C\C=C/CCCCCOC(=O)CCCCCCCCCCCCCCCCCCCCC. The standard InChI is InChI=1S/C70H133NO5/c1-3-5-7-9-11-13-15-17-19-21-23-24-27-30-34-38-42-46-50-54-58-62-68(73)67(66-72)71-69(74)63-59-55-51-47-43-39-35-31-28-25-29-33-37-41-45-49-53-57-61-65-76-70(75)64-60-56-52-48-44-40-36-32-26-22-20-18-16-14-12-10-8-6-4-2/h33,37,41,45,58,62,67-68,72-73H,3-32,34-36,38-40,42-44,46-57,59-61,63-66H2,1-2H3,(H,71,74)/b37-33-,45-41-,62-58+. The van der Waals surface area contributed by atoms with E-state index in [-0.39, 0.29) is 18.5 Å². The van der Waals surface area contributed by atoms with Gasteiger partial charge in [0.15, 0.2) is 0 Å². The zero-order chi connectivity index (χ0) is 55.0. The van der Waals surface area contributed by atoms with Crippen molar-refractivity contribution >= 4 is 11.9 Å². The van der Waals surface area contributed by atoms with Gasteiger partial charge < -0.3 is 20.3 Å². The summed E-state index contributed by atoms with van der Waals surface area (Å²) in [7, 11) is 0. The van der Waals surface area contributed by atoms with Gasteiger partial charge in [-0.05, 0) is 64.2 Å². The second-order valence-electron chi connectivity index (χ2n) is 23.5. The largest absolute Gasteiger partial charge is 0.466 e. The normalized spacial score (nSPS) is 12.7. The monoisotopic (exact) mass is 1070 g/mol. The predicted molar refractivity (Wildman–Crippen MR) is 333 cm³/mol. The molecule has 0 bridgehead atoms. The van der Waals surface area contributed by atoms with Crippen LogP contribution in [0.15, 0.2) is 36.5 Å². The van der Waals surface area contributed by atoms with Gasteiger partial charge in [0.1, 0.15) is 0 Å². The predicted octanol–water partition coefficient (Wildman–Crippen LogP) is 21.9. The Morgan fingerprint density at radius 2 is 0.645 bits per heavy atom. The van der Waals surface area contributed by atoms with Crippen LogP contribution in [0.5, 0.6) is 0 Å². The van der Waals surface area contributed by atoms with Crippen LogP contribution in [0, 0.1) is 0 Å². The van der Waals surface area contributed by atoms with Crippen molar-refractivity contribution in [3.05, 3.63) is 36.5 Å². The average molecular weight is 1070 g/mol. The van der Waals surface area contributed by atoms with Crippen LogP contribution >= 0.6 is 0 Å². The lowest BCUT2D eigenvalue weighted by Crippen LogP contribution is -2.45. The van der Waals surface area contributed by atoms with E-state index in [4.69, 9.17) is 4.74 Å². The number of hydrogen-bond acceptors (Lipinski definition) is 5. The number of aliphatic hydroxyl groups excluding tert-OH is 2. The molecule has 0 heterocycles. The Balaban J connectivity index is 3.47. The van der Waals surface area contributed by atoms with Crippen molar-refractivity contribution in [3.8, 4) is 0 Å². The van der Waals surface area contributed by atoms with E-state index in [1.165, 1.54) is 270 Å². The molecule has 0 aliphatic carbocycles. The molecule has 0 aliphatic heterocycles. The number of carbonyl (C=O) groups excluding carboxylic acids is 2. The van der Waals surface area contributed by atoms with Crippen molar-refractivity contribution in [3.63, 3.8) is 0 Å². The zero-order valence-corrected chi connectivity index (χ0v) is 51.3. The molecule has 6 nitrogen and oxygen atoms in total. The van der Waals surface area contributed by atoms with Gasteiger partial charge in [0, 0.05) is 12.8 Å². The Morgan fingerprint density at radius 1 is 0.368 bits per heavy atom. The first-order valence-corrected chi connectivity index (χ1v) is 34.3. The van der Waals surface area contributed by atoms with E-state index in [9.17, 15) is 19.8 Å². The Morgan fingerprint density at radius 3 is 0.974 bits per heavy atom. The number of allylic oxidation sites excluding steroid dienone is 5. The third-order valence-corrected chi connectivity index (χ3v) is 15.9. The highest BCUT2D eigenvalue weighted by atomic mass is 16.5. The molecule has 0 radical (unpaired) electrons. The van der Waals surface area contributed by atoms with E-state index in [0.29, 0.717) is 19.4 Å². The van der Waals surface area contributed by atoms with Crippen molar-refractivity contribution in [2.75, 3.05) is 13.2 Å². The summed E-state index contributed by atoms with van der Waals surface area (Å²) >= 11 is 0. The third-order valence-electron chi connectivity index (χ3n) is 15.9. The van der Waals surface area contributed by atoms with Crippen LogP contribution in [0.1, 0.15) is 373 Å². The molecule has 0 spiro atoms. The number of amides is 1. The minimum absolute atomic E-state index is 0.00875. The summed E-state index contributed by atoms with van der Waals surface area (Å²) in [4.78, 5) is 24.6. The van der Waals surface area contributed by atoms with Crippen LogP contribution in [0.2, 0.25) is 0 Å². The summed E-state index contributed by atoms with van der Waals surface area (Å²) in [6.07, 6.45) is 83.5. The molecule has 0 saturated carbocycles. The van der Waals surface area contributed by atoms with E-state index in [1.54, 1.807) is 6.08 Å². The van der Waals surface area contributed by atoms with Crippen LogP contribution in [0.25, 0.3) is 0 Å². The maximum atomic E-state index is 12.5. The summed E-state index contributed by atoms with van der Waals surface area (Å²) in [5, 5.41) is 23.2. The molecule has 0 aliphatic rings. The number of esters is 1. The smallest absolute Gasteiger partial charge is 0.305 e. The van der Waals surface area contributed by atoms with Crippen molar-refractivity contribution in [1.29, 1.82) is 0 Å². The number of carbonyl (C=O) groups is 2. The molecule has 76 heavy (non-hydrogen) atoms. The molecular formula is C70H133NO5. The van der Waals surface area contributed by atoms with Gasteiger partial charge in [-0.1, -0.05) is 333 Å². The summed E-state index contributed by atoms with van der Waals surface area (Å²) in [6.45, 7) is 4.90. The summed E-state index contributed by atoms with van der Waals surface area (Å²) in [5.41, 5.74) is 0. The highest BCUT2D eigenvalue weighted by molar-refractivity contribution is 5.76. The summed E-state index contributed by atoms with van der Waals surface area (Å²) < 4.78 is 5.48. The Kier molecular flexibility index (Phi) is 63.9. The van der Waals surface area contributed by atoms with Gasteiger partial charge in [0.25, 0.3) is 0 Å². The first-order chi connectivity index (χ1) is 37.5. The third kappa shape index (κ3) is 61.3. The Labute approximate surface area is 474 Å². The van der Waals surface area contributed by atoms with Gasteiger partial charge in [-0.25, -0.2) is 0 Å². The average Bonchev–Trinajstić information content (AvgIpc) is 3.42. The van der Waals surface area contributed by atoms with E-state index < -0.39 is 12.1 Å². The molecular weight excluding hydrogens is 935 g/mol. The molecule has 6 heteroatoms. The van der Waals surface area contributed by atoms with Gasteiger partial charge in [-0.15, -0.1) is 0 Å². The molecule has 0 aromatic rings. The minimum Gasteiger partial charge on any atom is -0.466 e. The topological polar surface area (TPSA) is 95.9 Å². The number of unbranched alkanes of at least 4 members (excludes halogenated alkanes) is 50. The van der Waals surface area contributed by atoms with Gasteiger partial charge in [-0.2, -0.15) is 0 Å². The zero-order valence-electron chi connectivity index (χ0n) is 51.3. The number of aliphatic hydroxyl groups is 2. The van der Waals surface area contributed by atoms with Gasteiger partial charge in [0.05, 0.1) is 25.4 Å². The second kappa shape index (κ2) is 65.6. The Bertz CT molecular complexity index is 1230. The van der Waals surface area contributed by atoms with E-state index in [2.05, 4.69) is 43.5 Å². The van der Waals surface area contributed by atoms with Gasteiger partial charge in [0.2, 0.25) is 5.91 Å². The lowest BCUT2D eigenvalue weighted by atomic mass is 10.0. The molecule has 2 unspecified atom stereocenters. The molecule has 1 amide bonds. The lowest BCUT2D eigenvalue weighted by molar-refractivity contribution is -0.143. The molecule has 0 rings (SSSR count). The first-order valence-electron chi connectivity index (χ1n) is 34.3. The van der Waals surface area contributed by atoms with Crippen molar-refractivity contribution in [1.82, 2.24) is 5.32 Å². The highest BCUT2D eigenvalue weighted by Gasteiger charge is 2.18. The minimum atomic E-state index is -0.853. The summed E-state index contributed by atoms with van der Waals surface area (Å²) in [6, 6.07) is -0.637. The van der Waals surface area contributed by atoms with Gasteiger partial charge >= 0.3 is 5.97 Å². The first kappa shape index (κ1) is 74.1. The lowest BCUT2D eigenvalue weighted by Gasteiger charge is -2.20. The van der Waals surface area contributed by atoms with Crippen molar-refractivity contribution < 1.29 is 24.5 Å². The maximum absolute atomic E-state index is 12.5. The fraction of sp³-hybridized carbons (Fsp3) is 0.886. The second-order valence-corrected chi connectivity index (χ2v) is 23.5. The number of nitrogens with one attached hydrogen (secondary N) is 1. The van der Waals surface area contributed by atoms with Crippen LogP contribution in [-0.4, -0.2) is 47.4 Å². The number of ether oxygens (including phenoxy) is 1. The molecule has 0 aromatic heterocycles. The maximum Gasteiger partial charge on any atom is 0.305 e. The molecule has 3 N–H and O–H groups in total. The molecule has 0 aromatic carbocycles. The molecule has 2 atom stereocenters. The number of rotatable bonds is 64. The summed E-state index contributed by atoms with van der Waals surface area (Å²) in [5.74, 6) is -0.0834. The molecule has 0 fully saturated rings. The molecule has 0 saturated heterocycles. The fourth-order valence-corrected chi connectivity index (χ4v) is 10.7. The highest BCUT2D eigenvalue weighted by Crippen LogP contribution is 2.18. The fourth-order valence-electron chi connectivity index (χ4n) is 10.7. The van der Waals surface area contributed by atoms with Crippen LogP contribution in [0.4, 0.5) is 0 Å². The van der Waals surface area contributed by atoms with E-state index in [1.807, 2.05) is 6.08 Å². The van der Waals surface area contributed by atoms with Crippen LogP contribution in [0.3, 0.4) is 0 Å². The van der Waals surface area contributed by atoms with E-state index >= 15 is 0 Å². The van der Waals surface area contributed by atoms with Crippen LogP contribution in [-0.2, 0) is 14.3 Å². The quantitative estimate of drug-likeness (QED) is 0.0244. The van der Waals surface area contributed by atoms with Crippen molar-refractivity contribution in [2.45, 2.75) is 386 Å². The van der Waals surface area contributed by atoms with Gasteiger partial charge in [-0.3, -0.25) is 9.59 Å². The Hall–Kier alpha value is -1.92.